The van der Waals surface area contributed by atoms with Crippen molar-refractivity contribution in [2.24, 2.45) is 11.6 Å². The van der Waals surface area contributed by atoms with Crippen molar-refractivity contribution in [3.8, 4) is 0 Å². The van der Waals surface area contributed by atoms with E-state index in [2.05, 4.69) is 43.9 Å². The molecular weight excluding hydrogens is 297 g/mol. The third kappa shape index (κ3) is 6.13. The number of hydrazine groups is 1. The van der Waals surface area contributed by atoms with Crippen molar-refractivity contribution >= 4 is 38.5 Å². The van der Waals surface area contributed by atoms with Crippen LogP contribution in [0.25, 0.3) is 0 Å². The Balaban J connectivity index is 3.83. The number of allylic oxidation sites excluding steroid dienone is 2. The van der Waals surface area contributed by atoms with E-state index in [1.807, 2.05) is 0 Å². The maximum absolute atomic E-state index is 5.28. The lowest BCUT2D eigenvalue weighted by atomic mass is 10.5. The normalized spacial score (nSPS) is 13.7. The molecule has 0 radical (unpaired) electrons. The Morgan fingerprint density at radius 1 is 1.56 bits per heavy atom. The summed E-state index contributed by atoms with van der Waals surface area (Å²) in [5, 5.41) is 0. The average Bonchev–Trinajstić information content (AvgIpc) is 1.83. The molecule has 5 N–H and O–H groups in total. The standard InChI is InChI=1S/C4H7BrIN3/c5-3(6)1-2-4(7)9-8/h1-2,9H,7-8H2/b3-1-,4-2-. The van der Waals surface area contributed by atoms with Gasteiger partial charge in [-0.3, -0.25) is 0 Å². The van der Waals surface area contributed by atoms with Gasteiger partial charge in [0.05, 0.1) is 2.49 Å². The minimum atomic E-state index is 0.434. The molecule has 0 aromatic carbocycles. The summed E-state index contributed by atoms with van der Waals surface area (Å²) in [6, 6.07) is 0. The van der Waals surface area contributed by atoms with Crippen molar-refractivity contribution in [1.29, 1.82) is 0 Å². The monoisotopic (exact) mass is 303 g/mol. The Morgan fingerprint density at radius 2 is 2.11 bits per heavy atom. The number of nitrogens with two attached hydrogens (primary N) is 2. The number of hydrogen-bond acceptors (Lipinski definition) is 3. The molecule has 0 saturated heterocycles. The summed E-state index contributed by atoms with van der Waals surface area (Å²) in [6.45, 7) is 0. The highest BCUT2D eigenvalue weighted by Crippen LogP contribution is 2.13. The molecule has 0 amide bonds. The van der Waals surface area contributed by atoms with E-state index in [-0.39, 0.29) is 0 Å². The van der Waals surface area contributed by atoms with Crippen LogP contribution in [-0.4, -0.2) is 0 Å². The van der Waals surface area contributed by atoms with Crippen molar-refractivity contribution < 1.29 is 0 Å². The first-order valence-electron chi connectivity index (χ1n) is 2.12. The van der Waals surface area contributed by atoms with Crippen LogP contribution >= 0.6 is 38.5 Å². The van der Waals surface area contributed by atoms with Gasteiger partial charge in [-0.05, 0) is 50.7 Å². The van der Waals surface area contributed by atoms with Crippen LogP contribution in [-0.2, 0) is 0 Å². The van der Waals surface area contributed by atoms with Gasteiger partial charge in [0.2, 0.25) is 0 Å². The van der Waals surface area contributed by atoms with E-state index in [0.717, 1.165) is 2.49 Å². The van der Waals surface area contributed by atoms with Crippen LogP contribution in [0.1, 0.15) is 0 Å². The van der Waals surface area contributed by atoms with Crippen LogP contribution in [0.5, 0.6) is 0 Å². The molecule has 0 heterocycles. The molecule has 0 atom stereocenters. The van der Waals surface area contributed by atoms with Gasteiger partial charge in [0.15, 0.2) is 0 Å². The molecule has 0 aromatic rings. The van der Waals surface area contributed by atoms with Crippen molar-refractivity contribution in [3.05, 3.63) is 20.5 Å². The second kappa shape index (κ2) is 5.07. The lowest BCUT2D eigenvalue weighted by Crippen LogP contribution is -2.26. The fourth-order valence-electron chi connectivity index (χ4n) is 0.201. The topological polar surface area (TPSA) is 64.1 Å². The zero-order chi connectivity index (χ0) is 7.28. The molecule has 9 heavy (non-hydrogen) atoms. The largest absolute Gasteiger partial charge is 0.384 e. The van der Waals surface area contributed by atoms with Crippen molar-refractivity contribution in [3.63, 3.8) is 0 Å². The summed E-state index contributed by atoms with van der Waals surface area (Å²) in [6.07, 6.45) is 3.45. The molecule has 0 spiro atoms. The summed E-state index contributed by atoms with van der Waals surface area (Å²) in [5.41, 5.74) is 7.57. The lowest BCUT2D eigenvalue weighted by molar-refractivity contribution is 0.869. The molecule has 0 aliphatic carbocycles. The van der Waals surface area contributed by atoms with Crippen LogP contribution in [0.15, 0.2) is 20.5 Å². The molecule has 0 unspecified atom stereocenters. The van der Waals surface area contributed by atoms with Gasteiger partial charge in [0, 0.05) is 0 Å². The second-order valence-corrected chi connectivity index (χ2v) is 4.72. The SMILES string of the molecule is NN/C(N)=C\C=C(\Br)I. The summed E-state index contributed by atoms with van der Waals surface area (Å²) < 4.78 is 0.971. The predicted octanol–water partition coefficient (Wildman–Crippen LogP) is 0.921. The van der Waals surface area contributed by atoms with Crippen LogP contribution in [0.3, 0.4) is 0 Å². The van der Waals surface area contributed by atoms with Gasteiger partial charge in [0.1, 0.15) is 5.82 Å². The fourth-order valence-corrected chi connectivity index (χ4v) is 0.513. The highest BCUT2D eigenvalue weighted by Gasteiger charge is 1.79. The Labute approximate surface area is 75.8 Å². The first-order chi connectivity index (χ1) is 4.16. The fraction of sp³-hybridized carbons (Fsp3) is 0. The maximum atomic E-state index is 5.28. The Bertz CT molecular complexity index is 139. The van der Waals surface area contributed by atoms with Gasteiger partial charge in [-0.25, -0.2) is 5.84 Å². The molecule has 3 nitrogen and oxygen atoms in total. The Hall–Kier alpha value is 0.250. The molecule has 0 bridgehead atoms. The number of rotatable bonds is 2. The summed E-state index contributed by atoms with van der Waals surface area (Å²) >= 11 is 5.31. The minimum absolute atomic E-state index is 0.434. The Kier molecular flexibility index (Phi) is 5.21. The number of halogens is 2. The van der Waals surface area contributed by atoms with E-state index < -0.39 is 0 Å². The maximum Gasteiger partial charge on any atom is 0.110 e. The third-order valence-electron chi connectivity index (χ3n) is 0.556. The van der Waals surface area contributed by atoms with Gasteiger partial charge in [0.25, 0.3) is 0 Å². The zero-order valence-electron chi connectivity index (χ0n) is 4.57. The number of hydrogen-bond donors (Lipinski definition) is 3. The van der Waals surface area contributed by atoms with Crippen molar-refractivity contribution in [2.45, 2.75) is 0 Å². The molecule has 0 saturated carbocycles. The summed E-state index contributed by atoms with van der Waals surface area (Å²) in [5.74, 6) is 5.40. The van der Waals surface area contributed by atoms with Gasteiger partial charge in [-0.2, -0.15) is 0 Å². The highest BCUT2D eigenvalue weighted by atomic mass is 127. The number of nitrogens with one attached hydrogen (secondary N) is 1. The van der Waals surface area contributed by atoms with E-state index in [1.54, 1.807) is 12.2 Å². The summed E-state index contributed by atoms with van der Waals surface area (Å²) in [4.78, 5) is 0. The van der Waals surface area contributed by atoms with Crippen LogP contribution in [0.2, 0.25) is 0 Å². The van der Waals surface area contributed by atoms with Gasteiger partial charge < -0.3 is 11.2 Å². The molecule has 0 rings (SSSR count). The first kappa shape index (κ1) is 9.25. The quantitative estimate of drug-likeness (QED) is 0.308. The smallest absolute Gasteiger partial charge is 0.110 e. The molecule has 0 aromatic heterocycles. The first-order valence-corrected chi connectivity index (χ1v) is 3.99. The van der Waals surface area contributed by atoms with Crippen molar-refractivity contribution in [2.75, 3.05) is 0 Å². The van der Waals surface area contributed by atoms with Gasteiger partial charge in [-0.1, -0.05) is 0 Å². The van der Waals surface area contributed by atoms with Crippen LogP contribution in [0, 0.1) is 0 Å². The Morgan fingerprint density at radius 3 is 2.44 bits per heavy atom. The van der Waals surface area contributed by atoms with E-state index in [4.69, 9.17) is 11.6 Å². The van der Waals surface area contributed by atoms with Gasteiger partial charge in [-0.15, -0.1) is 0 Å². The molecule has 0 aliphatic heterocycles. The second-order valence-electron chi connectivity index (χ2n) is 1.22. The molecular formula is C4H7BrIN3. The average molecular weight is 304 g/mol. The third-order valence-corrected chi connectivity index (χ3v) is 1.18. The summed E-state index contributed by atoms with van der Waals surface area (Å²) in [7, 11) is 0. The molecule has 52 valence electrons. The van der Waals surface area contributed by atoms with E-state index >= 15 is 0 Å². The molecule has 0 fully saturated rings. The zero-order valence-corrected chi connectivity index (χ0v) is 8.31. The predicted molar refractivity (Wildman–Crippen MR) is 50.6 cm³/mol. The lowest BCUT2D eigenvalue weighted by Gasteiger charge is -1.93. The van der Waals surface area contributed by atoms with Crippen LogP contribution in [0.4, 0.5) is 0 Å². The van der Waals surface area contributed by atoms with E-state index in [1.165, 1.54) is 0 Å². The minimum Gasteiger partial charge on any atom is -0.384 e. The van der Waals surface area contributed by atoms with Gasteiger partial charge >= 0.3 is 0 Å². The van der Waals surface area contributed by atoms with E-state index in [9.17, 15) is 0 Å². The van der Waals surface area contributed by atoms with Crippen molar-refractivity contribution in [1.82, 2.24) is 5.43 Å². The molecule has 5 heteroatoms. The van der Waals surface area contributed by atoms with E-state index in [0.29, 0.717) is 5.82 Å². The molecule has 0 aliphatic rings. The van der Waals surface area contributed by atoms with Crippen LogP contribution < -0.4 is 17.0 Å². The highest BCUT2D eigenvalue weighted by molar-refractivity contribution is 14.1.